The van der Waals surface area contributed by atoms with Crippen LogP contribution in [0.5, 0.6) is 0 Å². The van der Waals surface area contributed by atoms with Crippen LogP contribution in [0.15, 0.2) is 29.6 Å². The minimum Gasteiger partial charge on any atom is -0.241 e. The summed E-state index contributed by atoms with van der Waals surface area (Å²) >= 11 is 1.53. The molecule has 1 heterocycles. The van der Waals surface area contributed by atoms with E-state index in [1.54, 1.807) is 12.1 Å². The smallest absolute Gasteiger partial charge is 0.133 e. The van der Waals surface area contributed by atoms with Gasteiger partial charge in [-0.05, 0) is 25.0 Å². The minimum atomic E-state index is -0.186. The van der Waals surface area contributed by atoms with Crippen molar-refractivity contribution in [2.75, 3.05) is 0 Å². The SMILES string of the molecule is Fc1ccccc1-c1nc(C2CC2)cs1. The van der Waals surface area contributed by atoms with E-state index in [-0.39, 0.29) is 5.82 Å². The van der Waals surface area contributed by atoms with Gasteiger partial charge in [0.2, 0.25) is 0 Å². The van der Waals surface area contributed by atoms with Gasteiger partial charge in [-0.25, -0.2) is 9.37 Å². The van der Waals surface area contributed by atoms with E-state index in [0.717, 1.165) is 10.7 Å². The zero-order valence-corrected chi connectivity index (χ0v) is 8.93. The molecule has 1 nitrogen and oxygen atoms in total. The molecule has 0 radical (unpaired) electrons. The molecule has 0 unspecified atom stereocenters. The first-order valence-corrected chi connectivity index (χ1v) is 5.93. The molecule has 3 rings (SSSR count). The molecule has 1 aromatic carbocycles. The van der Waals surface area contributed by atoms with Gasteiger partial charge in [-0.3, -0.25) is 0 Å². The van der Waals surface area contributed by atoms with Gasteiger partial charge in [0.25, 0.3) is 0 Å². The van der Waals surface area contributed by atoms with Gasteiger partial charge < -0.3 is 0 Å². The van der Waals surface area contributed by atoms with Crippen LogP contribution in [0.1, 0.15) is 24.5 Å². The van der Waals surface area contributed by atoms with Crippen molar-refractivity contribution in [1.82, 2.24) is 4.98 Å². The zero-order valence-electron chi connectivity index (χ0n) is 8.11. The first-order valence-electron chi connectivity index (χ1n) is 5.05. The average Bonchev–Trinajstić information content (AvgIpc) is 2.99. The quantitative estimate of drug-likeness (QED) is 0.748. The summed E-state index contributed by atoms with van der Waals surface area (Å²) in [5.41, 5.74) is 1.76. The van der Waals surface area contributed by atoms with Crippen molar-refractivity contribution in [3.8, 4) is 10.6 Å². The van der Waals surface area contributed by atoms with Crippen molar-refractivity contribution >= 4 is 11.3 Å². The van der Waals surface area contributed by atoms with Gasteiger partial charge in [0.1, 0.15) is 10.8 Å². The summed E-state index contributed by atoms with van der Waals surface area (Å²) in [4.78, 5) is 4.48. The van der Waals surface area contributed by atoms with Crippen molar-refractivity contribution in [2.24, 2.45) is 0 Å². The Morgan fingerprint density at radius 2 is 2.07 bits per heavy atom. The van der Waals surface area contributed by atoms with Gasteiger partial charge in [0, 0.05) is 16.9 Å². The molecule has 0 saturated heterocycles. The van der Waals surface area contributed by atoms with E-state index in [1.165, 1.54) is 30.2 Å². The van der Waals surface area contributed by atoms with E-state index < -0.39 is 0 Å². The van der Waals surface area contributed by atoms with Crippen molar-refractivity contribution in [1.29, 1.82) is 0 Å². The second-order valence-electron chi connectivity index (χ2n) is 3.83. The molecule has 0 aliphatic heterocycles. The third kappa shape index (κ3) is 1.67. The maximum absolute atomic E-state index is 13.5. The second kappa shape index (κ2) is 3.42. The van der Waals surface area contributed by atoms with Crippen molar-refractivity contribution in [3.05, 3.63) is 41.2 Å². The lowest BCUT2D eigenvalue weighted by Crippen LogP contribution is -1.83. The molecule has 0 bridgehead atoms. The first-order chi connectivity index (χ1) is 7.34. The summed E-state index contributed by atoms with van der Waals surface area (Å²) in [6, 6.07) is 6.81. The van der Waals surface area contributed by atoms with Gasteiger partial charge >= 0.3 is 0 Å². The van der Waals surface area contributed by atoms with Crippen molar-refractivity contribution in [3.63, 3.8) is 0 Å². The summed E-state index contributed by atoms with van der Waals surface area (Å²) in [6.07, 6.45) is 2.47. The van der Waals surface area contributed by atoms with Gasteiger partial charge in [-0.15, -0.1) is 11.3 Å². The molecular weight excluding hydrogens is 209 g/mol. The summed E-state index contributed by atoms with van der Waals surface area (Å²) < 4.78 is 13.5. The lowest BCUT2D eigenvalue weighted by Gasteiger charge is -1.96. The largest absolute Gasteiger partial charge is 0.241 e. The standard InChI is InChI=1S/C12H10FNS/c13-10-4-2-1-3-9(10)12-14-11(7-15-12)8-5-6-8/h1-4,7-8H,5-6H2. The molecule has 0 spiro atoms. The molecule has 0 amide bonds. The third-order valence-corrected chi connectivity index (χ3v) is 3.52. The highest BCUT2D eigenvalue weighted by atomic mass is 32.1. The van der Waals surface area contributed by atoms with E-state index in [2.05, 4.69) is 10.4 Å². The molecule has 2 aromatic rings. The topological polar surface area (TPSA) is 12.9 Å². The monoisotopic (exact) mass is 219 g/mol. The number of hydrogen-bond donors (Lipinski definition) is 0. The van der Waals surface area contributed by atoms with Crippen LogP contribution >= 0.6 is 11.3 Å². The molecule has 0 N–H and O–H groups in total. The average molecular weight is 219 g/mol. The maximum Gasteiger partial charge on any atom is 0.133 e. The van der Waals surface area contributed by atoms with E-state index in [0.29, 0.717) is 11.5 Å². The minimum absolute atomic E-state index is 0.186. The molecule has 15 heavy (non-hydrogen) atoms. The van der Waals surface area contributed by atoms with Crippen LogP contribution in [0.25, 0.3) is 10.6 Å². The number of hydrogen-bond acceptors (Lipinski definition) is 2. The predicted octanol–water partition coefficient (Wildman–Crippen LogP) is 3.83. The number of thiazole rings is 1. The van der Waals surface area contributed by atoms with Gasteiger partial charge in [-0.2, -0.15) is 0 Å². The Hall–Kier alpha value is -1.22. The summed E-state index contributed by atoms with van der Waals surface area (Å²) in [6.45, 7) is 0. The lowest BCUT2D eigenvalue weighted by atomic mass is 10.2. The fraction of sp³-hybridized carbons (Fsp3) is 0.250. The molecule has 1 aliphatic rings. The highest BCUT2D eigenvalue weighted by Crippen LogP contribution is 2.41. The summed E-state index contributed by atoms with van der Waals surface area (Å²) in [5, 5.41) is 2.86. The summed E-state index contributed by atoms with van der Waals surface area (Å²) in [5.74, 6) is 0.455. The van der Waals surface area contributed by atoms with Crippen molar-refractivity contribution in [2.45, 2.75) is 18.8 Å². The fourth-order valence-corrected chi connectivity index (χ4v) is 2.54. The normalized spacial score (nSPS) is 15.5. The number of aromatic nitrogens is 1. The second-order valence-corrected chi connectivity index (χ2v) is 4.69. The molecule has 0 atom stereocenters. The molecule has 76 valence electrons. The zero-order chi connectivity index (χ0) is 10.3. The Balaban J connectivity index is 2.01. The van der Waals surface area contributed by atoms with Gasteiger partial charge in [0.05, 0.1) is 5.69 Å². The Morgan fingerprint density at radius 1 is 1.27 bits per heavy atom. The van der Waals surface area contributed by atoms with E-state index >= 15 is 0 Å². The Morgan fingerprint density at radius 3 is 2.80 bits per heavy atom. The van der Waals surface area contributed by atoms with Gasteiger partial charge in [-0.1, -0.05) is 12.1 Å². The van der Waals surface area contributed by atoms with Crippen LogP contribution in [0.4, 0.5) is 4.39 Å². The van der Waals surface area contributed by atoms with Crippen molar-refractivity contribution < 1.29 is 4.39 Å². The highest BCUT2D eigenvalue weighted by molar-refractivity contribution is 7.13. The maximum atomic E-state index is 13.5. The number of rotatable bonds is 2. The van der Waals surface area contributed by atoms with Crippen LogP contribution in [-0.4, -0.2) is 4.98 Å². The Bertz CT molecular complexity index is 488. The van der Waals surface area contributed by atoms with Crippen LogP contribution in [0.3, 0.4) is 0 Å². The van der Waals surface area contributed by atoms with E-state index in [4.69, 9.17) is 0 Å². The highest BCUT2D eigenvalue weighted by Gasteiger charge is 2.26. The summed E-state index contributed by atoms with van der Waals surface area (Å²) in [7, 11) is 0. The number of halogens is 1. The molecule has 1 aliphatic carbocycles. The Labute approximate surface area is 91.6 Å². The van der Waals surface area contributed by atoms with Crippen LogP contribution < -0.4 is 0 Å². The van der Waals surface area contributed by atoms with Crippen LogP contribution in [-0.2, 0) is 0 Å². The number of benzene rings is 1. The molecule has 1 fully saturated rings. The number of nitrogens with zero attached hydrogens (tertiary/aromatic N) is 1. The third-order valence-electron chi connectivity index (χ3n) is 2.62. The van der Waals surface area contributed by atoms with E-state index in [1.807, 2.05) is 6.07 Å². The molecule has 3 heteroatoms. The van der Waals surface area contributed by atoms with E-state index in [9.17, 15) is 4.39 Å². The predicted molar refractivity (Wildman–Crippen MR) is 59.5 cm³/mol. The van der Waals surface area contributed by atoms with Crippen LogP contribution in [0, 0.1) is 5.82 Å². The fourth-order valence-electron chi connectivity index (χ4n) is 1.61. The van der Waals surface area contributed by atoms with Gasteiger partial charge in [0.15, 0.2) is 0 Å². The first kappa shape index (κ1) is 9.04. The molecule has 1 saturated carbocycles. The lowest BCUT2D eigenvalue weighted by molar-refractivity contribution is 0.631. The Kier molecular flexibility index (Phi) is 2.06. The molecule has 1 aromatic heterocycles. The van der Waals surface area contributed by atoms with Crippen LogP contribution in [0.2, 0.25) is 0 Å². The molecular formula is C12H10FNS.